The van der Waals surface area contributed by atoms with Gasteiger partial charge in [-0.1, -0.05) is 22.0 Å². The highest BCUT2D eigenvalue weighted by Crippen LogP contribution is 2.34. The number of hydrogen-bond acceptors (Lipinski definition) is 4. The third-order valence-corrected chi connectivity index (χ3v) is 3.76. The number of carbonyl (C=O) groups excluding carboxylic acids is 2. The van der Waals surface area contributed by atoms with Crippen molar-refractivity contribution in [1.82, 2.24) is 0 Å². The first kappa shape index (κ1) is 13.3. The molecule has 0 fully saturated rings. The number of imide groups is 1. The van der Waals surface area contributed by atoms with Crippen LogP contribution in [0.15, 0.2) is 40.9 Å². The molecule has 0 atom stereocenters. The van der Waals surface area contributed by atoms with E-state index < -0.39 is 11.8 Å². The number of nitrogens with zero attached hydrogens (tertiary/aromatic N) is 2. The van der Waals surface area contributed by atoms with Gasteiger partial charge in [0.25, 0.3) is 11.8 Å². The van der Waals surface area contributed by atoms with Crippen LogP contribution in [0.1, 0.15) is 26.3 Å². The summed E-state index contributed by atoms with van der Waals surface area (Å²) in [6, 6.07) is 11.5. The number of amides is 2. The molecule has 2 amide bonds. The molecule has 0 unspecified atom stereocenters. The molecule has 0 bridgehead atoms. The molecule has 0 saturated carbocycles. The smallest absolute Gasteiger partial charge is 0.268 e. The number of nitrogens with two attached hydrogens (primary N) is 1. The van der Waals surface area contributed by atoms with E-state index in [1.54, 1.807) is 36.4 Å². The van der Waals surface area contributed by atoms with E-state index in [-0.39, 0.29) is 28.1 Å². The number of nitriles is 1. The summed E-state index contributed by atoms with van der Waals surface area (Å²) in [5, 5.41) is 9.20. The number of hydrogen-bond donors (Lipinski definition) is 1. The lowest BCUT2D eigenvalue weighted by molar-refractivity contribution is 0.0926. The molecule has 2 aromatic carbocycles. The van der Waals surface area contributed by atoms with Crippen molar-refractivity contribution in [2.45, 2.75) is 0 Å². The lowest BCUT2D eigenvalue weighted by atomic mass is 10.1. The second-order valence-corrected chi connectivity index (χ2v) is 5.40. The SMILES string of the molecule is N#Cc1cc(Br)ccc1N1C(=O)c2cccc(N)c2C1=O. The first-order valence-corrected chi connectivity index (χ1v) is 6.81. The number of rotatable bonds is 1. The molecule has 0 aromatic heterocycles. The Balaban J connectivity index is 2.20. The van der Waals surface area contributed by atoms with Crippen molar-refractivity contribution in [2.24, 2.45) is 0 Å². The summed E-state index contributed by atoms with van der Waals surface area (Å²) in [6.07, 6.45) is 0. The van der Waals surface area contributed by atoms with Crippen molar-refractivity contribution in [2.75, 3.05) is 10.6 Å². The summed E-state index contributed by atoms with van der Waals surface area (Å²) in [6.45, 7) is 0. The van der Waals surface area contributed by atoms with E-state index in [2.05, 4.69) is 15.9 Å². The molecule has 0 saturated heterocycles. The summed E-state index contributed by atoms with van der Waals surface area (Å²) in [5.41, 5.74) is 6.98. The van der Waals surface area contributed by atoms with Gasteiger partial charge in [-0.05, 0) is 30.3 Å². The Morgan fingerprint density at radius 1 is 1.14 bits per heavy atom. The number of anilines is 2. The average molecular weight is 342 g/mol. The van der Waals surface area contributed by atoms with Crippen LogP contribution in [0.5, 0.6) is 0 Å². The van der Waals surface area contributed by atoms with Gasteiger partial charge < -0.3 is 5.73 Å². The number of fused-ring (bicyclic) bond motifs is 1. The molecule has 0 spiro atoms. The molecule has 1 heterocycles. The van der Waals surface area contributed by atoms with Crippen molar-refractivity contribution in [1.29, 1.82) is 5.26 Å². The summed E-state index contributed by atoms with van der Waals surface area (Å²) in [4.78, 5) is 25.9. The molecule has 0 aliphatic carbocycles. The zero-order valence-corrected chi connectivity index (χ0v) is 12.2. The van der Waals surface area contributed by atoms with Gasteiger partial charge in [0.1, 0.15) is 6.07 Å². The molecule has 2 aromatic rings. The van der Waals surface area contributed by atoms with Gasteiger partial charge in [-0.2, -0.15) is 5.26 Å². The number of nitrogen functional groups attached to an aromatic ring is 1. The highest BCUT2D eigenvalue weighted by atomic mass is 79.9. The minimum absolute atomic E-state index is 0.189. The van der Waals surface area contributed by atoms with Gasteiger partial charge >= 0.3 is 0 Å². The van der Waals surface area contributed by atoms with E-state index in [0.29, 0.717) is 4.47 Å². The number of benzene rings is 2. The van der Waals surface area contributed by atoms with Crippen molar-refractivity contribution in [3.8, 4) is 6.07 Å². The van der Waals surface area contributed by atoms with E-state index >= 15 is 0 Å². The molecule has 1 aliphatic heterocycles. The van der Waals surface area contributed by atoms with Crippen LogP contribution < -0.4 is 10.6 Å². The summed E-state index contributed by atoms with van der Waals surface area (Å²) in [5.74, 6) is -0.979. The monoisotopic (exact) mass is 341 g/mol. The largest absolute Gasteiger partial charge is 0.398 e. The Bertz CT molecular complexity index is 839. The van der Waals surface area contributed by atoms with Crippen LogP contribution in [0.3, 0.4) is 0 Å². The summed E-state index contributed by atoms with van der Waals surface area (Å²) >= 11 is 3.26. The van der Waals surface area contributed by atoms with Crippen LogP contribution in [0.25, 0.3) is 0 Å². The van der Waals surface area contributed by atoms with E-state index in [9.17, 15) is 14.9 Å². The Morgan fingerprint density at radius 2 is 1.90 bits per heavy atom. The van der Waals surface area contributed by atoms with Crippen LogP contribution in [-0.4, -0.2) is 11.8 Å². The number of carbonyl (C=O) groups is 2. The van der Waals surface area contributed by atoms with Gasteiger partial charge in [0, 0.05) is 10.2 Å². The molecule has 21 heavy (non-hydrogen) atoms. The van der Waals surface area contributed by atoms with Crippen LogP contribution in [-0.2, 0) is 0 Å². The predicted molar refractivity (Wildman–Crippen MR) is 80.9 cm³/mol. The fourth-order valence-electron chi connectivity index (χ4n) is 2.32. The van der Waals surface area contributed by atoms with E-state index in [4.69, 9.17) is 5.73 Å². The molecular formula is C15H8BrN3O2. The third kappa shape index (κ3) is 1.90. The Hall–Kier alpha value is -2.65. The molecule has 5 nitrogen and oxygen atoms in total. The lowest BCUT2D eigenvalue weighted by Crippen LogP contribution is -2.30. The molecular weight excluding hydrogens is 334 g/mol. The highest BCUT2D eigenvalue weighted by molar-refractivity contribution is 9.10. The fraction of sp³-hybridized carbons (Fsp3) is 0. The second-order valence-electron chi connectivity index (χ2n) is 4.49. The van der Waals surface area contributed by atoms with Crippen LogP contribution in [0, 0.1) is 11.3 Å². The zero-order chi connectivity index (χ0) is 15.1. The average Bonchev–Trinajstić information content (AvgIpc) is 2.72. The number of halogens is 1. The molecule has 6 heteroatoms. The van der Waals surface area contributed by atoms with Gasteiger partial charge in [0.2, 0.25) is 0 Å². The first-order valence-electron chi connectivity index (χ1n) is 6.01. The minimum Gasteiger partial charge on any atom is -0.398 e. The molecule has 3 rings (SSSR count). The topological polar surface area (TPSA) is 87.2 Å². The molecule has 1 aliphatic rings. The Labute approximate surface area is 128 Å². The second kappa shape index (κ2) is 4.72. The maximum Gasteiger partial charge on any atom is 0.268 e. The van der Waals surface area contributed by atoms with Crippen molar-refractivity contribution in [3.05, 3.63) is 57.6 Å². The van der Waals surface area contributed by atoms with Crippen molar-refractivity contribution in [3.63, 3.8) is 0 Å². The van der Waals surface area contributed by atoms with Crippen LogP contribution in [0.2, 0.25) is 0 Å². The van der Waals surface area contributed by atoms with Crippen molar-refractivity contribution >= 4 is 39.1 Å². The lowest BCUT2D eigenvalue weighted by Gasteiger charge is -2.15. The maximum atomic E-state index is 12.5. The molecule has 102 valence electrons. The minimum atomic E-state index is -0.507. The van der Waals surface area contributed by atoms with Crippen LogP contribution in [0.4, 0.5) is 11.4 Å². The standard InChI is InChI=1S/C15H8BrN3O2/c16-9-4-5-12(8(6-9)7-17)19-14(20)10-2-1-3-11(18)13(10)15(19)21/h1-6H,18H2. The van der Waals surface area contributed by atoms with Gasteiger partial charge in [0.05, 0.1) is 22.4 Å². The summed E-state index contributed by atoms with van der Waals surface area (Å²) in [7, 11) is 0. The van der Waals surface area contributed by atoms with E-state index in [1.165, 1.54) is 0 Å². The van der Waals surface area contributed by atoms with Crippen molar-refractivity contribution < 1.29 is 9.59 Å². The normalized spacial score (nSPS) is 13.2. The Kier molecular flexibility index (Phi) is 3.00. The molecule has 2 N–H and O–H groups in total. The van der Waals surface area contributed by atoms with Gasteiger partial charge in [-0.15, -0.1) is 0 Å². The highest BCUT2D eigenvalue weighted by Gasteiger charge is 2.39. The van der Waals surface area contributed by atoms with Gasteiger partial charge in [0.15, 0.2) is 0 Å². The maximum absolute atomic E-state index is 12.5. The quantitative estimate of drug-likeness (QED) is 0.638. The fourth-order valence-corrected chi connectivity index (χ4v) is 2.68. The third-order valence-electron chi connectivity index (χ3n) is 3.27. The Morgan fingerprint density at radius 3 is 2.57 bits per heavy atom. The van der Waals surface area contributed by atoms with Crippen LogP contribution >= 0.6 is 15.9 Å². The van der Waals surface area contributed by atoms with E-state index in [0.717, 1.165) is 4.90 Å². The summed E-state index contributed by atoms with van der Waals surface area (Å²) < 4.78 is 0.693. The van der Waals surface area contributed by atoms with Gasteiger partial charge in [-0.25, -0.2) is 4.90 Å². The van der Waals surface area contributed by atoms with E-state index in [1.807, 2.05) is 6.07 Å². The van der Waals surface area contributed by atoms with Gasteiger partial charge in [-0.3, -0.25) is 9.59 Å². The molecule has 0 radical (unpaired) electrons. The predicted octanol–water partition coefficient (Wildman–Crippen LogP) is 2.70. The first-order chi connectivity index (χ1) is 10.0. The zero-order valence-electron chi connectivity index (χ0n) is 10.6.